The van der Waals surface area contributed by atoms with Crippen LogP contribution in [0, 0.1) is 0 Å². The Labute approximate surface area is 69.5 Å². The van der Waals surface area contributed by atoms with Crippen molar-refractivity contribution in [3.8, 4) is 0 Å². The smallest absolute Gasteiger partial charge is 0.0164 e. The Bertz CT molecular complexity index is 124. The molecule has 1 saturated heterocycles. The van der Waals surface area contributed by atoms with E-state index in [1.807, 2.05) is 0 Å². The van der Waals surface area contributed by atoms with Crippen molar-refractivity contribution in [3.63, 3.8) is 0 Å². The number of hydrogen-bond donors (Lipinski definition) is 0. The molecule has 0 aromatic carbocycles. The van der Waals surface area contributed by atoms with Crippen molar-refractivity contribution in [2.75, 3.05) is 39.8 Å². The summed E-state index contributed by atoms with van der Waals surface area (Å²) in [6.45, 7) is 8.09. The summed E-state index contributed by atoms with van der Waals surface area (Å²) in [6, 6.07) is 0. The Hall–Kier alpha value is -0.340. The zero-order chi connectivity index (χ0) is 8.10. The molecule has 0 amide bonds. The quantitative estimate of drug-likeness (QED) is 0.543. The van der Waals surface area contributed by atoms with Crippen LogP contribution in [-0.2, 0) is 0 Å². The van der Waals surface area contributed by atoms with Crippen LogP contribution in [0.4, 0.5) is 0 Å². The molecule has 64 valence electrons. The maximum Gasteiger partial charge on any atom is 0.0164 e. The molecule has 2 heteroatoms. The molecule has 0 unspecified atom stereocenters. The second-order valence-corrected chi connectivity index (χ2v) is 3.17. The first kappa shape index (κ1) is 8.75. The largest absolute Gasteiger partial charge is 0.304 e. The highest BCUT2D eigenvalue weighted by Gasteiger charge is 2.11. The second kappa shape index (κ2) is 4.52. The van der Waals surface area contributed by atoms with Gasteiger partial charge in [-0.2, -0.15) is 0 Å². The van der Waals surface area contributed by atoms with Crippen LogP contribution in [0.15, 0.2) is 12.2 Å². The van der Waals surface area contributed by atoms with Gasteiger partial charge in [0, 0.05) is 32.7 Å². The summed E-state index contributed by atoms with van der Waals surface area (Å²) < 4.78 is 0. The molecule has 0 saturated carbocycles. The molecule has 2 nitrogen and oxygen atoms in total. The van der Waals surface area contributed by atoms with Crippen LogP contribution in [0.1, 0.15) is 6.92 Å². The lowest BCUT2D eigenvalue weighted by Gasteiger charge is -2.31. The van der Waals surface area contributed by atoms with Crippen LogP contribution < -0.4 is 0 Å². The van der Waals surface area contributed by atoms with Crippen molar-refractivity contribution >= 4 is 0 Å². The van der Waals surface area contributed by atoms with Gasteiger partial charge in [0.1, 0.15) is 0 Å². The lowest BCUT2D eigenvalue weighted by molar-refractivity contribution is 0.166. The third-order valence-electron chi connectivity index (χ3n) is 2.20. The molecule has 0 N–H and O–H groups in total. The molecule has 0 aliphatic carbocycles. The molecule has 1 fully saturated rings. The first-order valence-corrected chi connectivity index (χ1v) is 4.35. The normalized spacial score (nSPS) is 23.1. The Balaban J connectivity index is 2.17. The highest BCUT2D eigenvalue weighted by Crippen LogP contribution is 1.98. The van der Waals surface area contributed by atoms with E-state index in [9.17, 15) is 0 Å². The van der Waals surface area contributed by atoms with Crippen LogP contribution in [-0.4, -0.2) is 49.6 Å². The van der Waals surface area contributed by atoms with E-state index < -0.39 is 0 Å². The predicted octanol–water partition coefficient (Wildman–Crippen LogP) is 0.810. The van der Waals surface area contributed by atoms with Crippen LogP contribution >= 0.6 is 0 Å². The van der Waals surface area contributed by atoms with Gasteiger partial charge in [-0.15, -0.1) is 0 Å². The van der Waals surface area contributed by atoms with E-state index in [4.69, 9.17) is 0 Å². The van der Waals surface area contributed by atoms with E-state index in [2.05, 4.69) is 35.9 Å². The fourth-order valence-electron chi connectivity index (χ4n) is 1.28. The summed E-state index contributed by atoms with van der Waals surface area (Å²) in [5.74, 6) is 0. The number of rotatable bonds is 2. The summed E-state index contributed by atoms with van der Waals surface area (Å²) >= 11 is 0. The van der Waals surface area contributed by atoms with Crippen LogP contribution in [0.5, 0.6) is 0 Å². The Kier molecular flexibility index (Phi) is 3.60. The third kappa shape index (κ3) is 3.04. The summed E-state index contributed by atoms with van der Waals surface area (Å²) in [5, 5.41) is 0. The van der Waals surface area contributed by atoms with Crippen molar-refractivity contribution in [1.29, 1.82) is 0 Å². The molecule has 0 spiro atoms. The van der Waals surface area contributed by atoms with Gasteiger partial charge in [-0.25, -0.2) is 0 Å². The number of likely N-dealkylation sites (N-methyl/N-ethyl adjacent to an activating group) is 1. The van der Waals surface area contributed by atoms with Gasteiger partial charge in [0.25, 0.3) is 0 Å². The third-order valence-corrected chi connectivity index (χ3v) is 2.20. The average molecular weight is 154 g/mol. The van der Waals surface area contributed by atoms with Gasteiger partial charge in [0.15, 0.2) is 0 Å². The van der Waals surface area contributed by atoms with E-state index in [0.29, 0.717) is 0 Å². The SMILES string of the molecule is C/C=C/CN1CCN(C)CC1. The van der Waals surface area contributed by atoms with E-state index in [1.54, 1.807) is 0 Å². The molecule has 1 heterocycles. The standard InChI is InChI=1S/C9H18N2/c1-3-4-5-11-8-6-10(2)7-9-11/h3-4H,5-9H2,1-2H3/b4-3+. The highest BCUT2D eigenvalue weighted by molar-refractivity contribution is 4.83. The Morgan fingerprint density at radius 2 is 1.82 bits per heavy atom. The zero-order valence-electron chi connectivity index (χ0n) is 7.58. The van der Waals surface area contributed by atoms with Gasteiger partial charge in [-0.1, -0.05) is 12.2 Å². The molecule has 0 atom stereocenters. The molecule has 0 radical (unpaired) electrons. The van der Waals surface area contributed by atoms with Gasteiger partial charge < -0.3 is 4.90 Å². The lowest BCUT2D eigenvalue weighted by atomic mass is 10.3. The topological polar surface area (TPSA) is 6.48 Å². The molecule has 1 aliphatic rings. The molecule has 11 heavy (non-hydrogen) atoms. The van der Waals surface area contributed by atoms with E-state index in [1.165, 1.54) is 26.2 Å². The first-order valence-electron chi connectivity index (χ1n) is 4.35. The molecular weight excluding hydrogens is 136 g/mol. The van der Waals surface area contributed by atoms with E-state index in [0.717, 1.165) is 6.54 Å². The maximum atomic E-state index is 2.49. The summed E-state index contributed by atoms with van der Waals surface area (Å²) in [7, 11) is 2.19. The molecule has 0 aromatic rings. The lowest BCUT2D eigenvalue weighted by Crippen LogP contribution is -2.44. The van der Waals surface area contributed by atoms with Crippen molar-refractivity contribution in [2.45, 2.75) is 6.92 Å². The van der Waals surface area contributed by atoms with Gasteiger partial charge in [0.2, 0.25) is 0 Å². The number of allylic oxidation sites excluding steroid dienone is 1. The zero-order valence-corrected chi connectivity index (χ0v) is 7.58. The van der Waals surface area contributed by atoms with Crippen LogP contribution in [0.25, 0.3) is 0 Å². The fraction of sp³-hybridized carbons (Fsp3) is 0.778. The minimum absolute atomic E-state index is 1.13. The van der Waals surface area contributed by atoms with E-state index in [-0.39, 0.29) is 0 Å². The molecule has 0 aromatic heterocycles. The van der Waals surface area contributed by atoms with Gasteiger partial charge >= 0.3 is 0 Å². The summed E-state index contributed by atoms with van der Waals surface area (Å²) in [4.78, 5) is 4.87. The minimum Gasteiger partial charge on any atom is -0.304 e. The Morgan fingerprint density at radius 1 is 1.18 bits per heavy atom. The van der Waals surface area contributed by atoms with Crippen molar-refractivity contribution in [1.82, 2.24) is 9.80 Å². The second-order valence-electron chi connectivity index (χ2n) is 3.17. The minimum atomic E-state index is 1.13. The van der Waals surface area contributed by atoms with Crippen molar-refractivity contribution in [2.24, 2.45) is 0 Å². The molecular formula is C9H18N2. The average Bonchev–Trinajstić information content (AvgIpc) is 2.04. The number of hydrogen-bond acceptors (Lipinski definition) is 2. The Morgan fingerprint density at radius 3 is 2.36 bits per heavy atom. The van der Waals surface area contributed by atoms with Gasteiger partial charge in [0.05, 0.1) is 0 Å². The first-order chi connectivity index (χ1) is 5.33. The maximum absolute atomic E-state index is 2.49. The van der Waals surface area contributed by atoms with E-state index >= 15 is 0 Å². The molecule has 0 bridgehead atoms. The molecule has 1 rings (SSSR count). The van der Waals surface area contributed by atoms with Crippen molar-refractivity contribution in [3.05, 3.63) is 12.2 Å². The summed E-state index contributed by atoms with van der Waals surface area (Å²) in [5.41, 5.74) is 0. The summed E-state index contributed by atoms with van der Waals surface area (Å²) in [6.07, 6.45) is 4.35. The van der Waals surface area contributed by atoms with Crippen LogP contribution in [0.3, 0.4) is 0 Å². The fourth-order valence-corrected chi connectivity index (χ4v) is 1.28. The monoisotopic (exact) mass is 154 g/mol. The van der Waals surface area contributed by atoms with Gasteiger partial charge in [-0.05, 0) is 14.0 Å². The molecule has 1 aliphatic heterocycles. The van der Waals surface area contributed by atoms with Gasteiger partial charge in [-0.3, -0.25) is 4.90 Å². The van der Waals surface area contributed by atoms with Crippen LogP contribution in [0.2, 0.25) is 0 Å². The van der Waals surface area contributed by atoms with Crippen molar-refractivity contribution < 1.29 is 0 Å². The predicted molar refractivity (Wildman–Crippen MR) is 48.8 cm³/mol. The number of piperazine rings is 1. The number of nitrogens with zero attached hydrogens (tertiary/aromatic N) is 2. The highest BCUT2D eigenvalue weighted by atomic mass is 15.2.